The van der Waals surface area contributed by atoms with Crippen LogP contribution in [0.25, 0.3) is 0 Å². The number of nitrogens with zero attached hydrogens (tertiary/aromatic N) is 3. The van der Waals surface area contributed by atoms with Crippen LogP contribution < -0.4 is 10.6 Å². The zero-order chi connectivity index (χ0) is 17.9. The predicted octanol–water partition coefficient (Wildman–Crippen LogP) is 2.96. The highest BCUT2D eigenvalue weighted by atomic mass is 127. The minimum Gasteiger partial charge on any atom is -0.385 e. The van der Waals surface area contributed by atoms with Crippen LogP contribution in [0.2, 0.25) is 0 Å². The maximum Gasteiger partial charge on any atom is 0.191 e. The summed E-state index contributed by atoms with van der Waals surface area (Å²) in [6.45, 7) is 11.0. The Bertz CT molecular complexity index is 516. The lowest BCUT2D eigenvalue weighted by atomic mass is 10.1. The zero-order valence-electron chi connectivity index (χ0n) is 16.7. The molecule has 6 nitrogen and oxygen atoms in total. The van der Waals surface area contributed by atoms with E-state index in [0.29, 0.717) is 6.04 Å². The van der Waals surface area contributed by atoms with Gasteiger partial charge in [-0.1, -0.05) is 0 Å². The maximum atomic E-state index is 5.07. The van der Waals surface area contributed by atoms with E-state index in [4.69, 9.17) is 4.74 Å². The van der Waals surface area contributed by atoms with Gasteiger partial charge in [-0.25, -0.2) is 0 Å². The number of hydrogen-bond acceptors (Lipinski definition) is 3. The SMILES string of the molecule is CCNC(=NCCCCCOC)NC(C)Cc1c(C)nn(C)c1C.I. The molecule has 0 saturated heterocycles. The van der Waals surface area contributed by atoms with Gasteiger partial charge in [-0.2, -0.15) is 5.10 Å². The third-order valence-corrected chi connectivity index (χ3v) is 4.17. The summed E-state index contributed by atoms with van der Waals surface area (Å²) in [5, 5.41) is 11.3. The lowest BCUT2D eigenvalue weighted by Gasteiger charge is -2.18. The van der Waals surface area contributed by atoms with Crippen LogP contribution in [0.1, 0.15) is 50.1 Å². The molecule has 0 aliphatic rings. The second-order valence-corrected chi connectivity index (χ2v) is 6.34. The van der Waals surface area contributed by atoms with Crippen LogP contribution in [0, 0.1) is 13.8 Å². The summed E-state index contributed by atoms with van der Waals surface area (Å²) >= 11 is 0. The van der Waals surface area contributed by atoms with Crippen LogP contribution in [0.3, 0.4) is 0 Å². The van der Waals surface area contributed by atoms with Gasteiger partial charge in [-0.15, -0.1) is 24.0 Å². The number of nitrogens with one attached hydrogen (secondary N) is 2. The van der Waals surface area contributed by atoms with Crippen LogP contribution in [-0.4, -0.2) is 48.6 Å². The number of guanidine groups is 1. The van der Waals surface area contributed by atoms with Crippen molar-refractivity contribution in [3.8, 4) is 0 Å². The molecule has 0 aliphatic carbocycles. The predicted molar refractivity (Wildman–Crippen MR) is 116 cm³/mol. The third kappa shape index (κ3) is 8.89. The van der Waals surface area contributed by atoms with E-state index in [0.717, 1.165) is 57.0 Å². The van der Waals surface area contributed by atoms with Crippen molar-refractivity contribution in [2.45, 2.75) is 59.4 Å². The number of aryl methyl sites for hydroxylation is 2. The molecule has 1 heterocycles. The second kappa shape index (κ2) is 13.4. The molecule has 0 radical (unpaired) electrons. The lowest BCUT2D eigenvalue weighted by Crippen LogP contribution is -2.43. The van der Waals surface area contributed by atoms with Crippen molar-refractivity contribution in [3.63, 3.8) is 0 Å². The van der Waals surface area contributed by atoms with Crippen molar-refractivity contribution < 1.29 is 4.74 Å². The number of hydrogen-bond donors (Lipinski definition) is 2. The molecule has 0 bridgehead atoms. The van der Waals surface area contributed by atoms with E-state index < -0.39 is 0 Å². The fourth-order valence-corrected chi connectivity index (χ4v) is 2.75. The van der Waals surface area contributed by atoms with E-state index >= 15 is 0 Å². The first-order chi connectivity index (χ1) is 11.5. The first kappa shape index (κ1) is 24.2. The fraction of sp³-hybridized carbons (Fsp3) is 0.778. The van der Waals surface area contributed by atoms with Crippen LogP contribution in [0.5, 0.6) is 0 Å². The van der Waals surface area contributed by atoms with Crippen LogP contribution in [0.15, 0.2) is 4.99 Å². The van der Waals surface area contributed by atoms with E-state index in [-0.39, 0.29) is 24.0 Å². The molecule has 146 valence electrons. The molecule has 7 heteroatoms. The molecule has 0 amide bonds. The Balaban J connectivity index is 0.00000576. The second-order valence-electron chi connectivity index (χ2n) is 6.34. The monoisotopic (exact) mass is 465 g/mol. The van der Waals surface area contributed by atoms with Gasteiger partial charge in [-0.3, -0.25) is 9.67 Å². The van der Waals surface area contributed by atoms with Gasteiger partial charge in [0.15, 0.2) is 5.96 Å². The molecule has 1 aromatic rings. The smallest absolute Gasteiger partial charge is 0.191 e. The number of methoxy groups -OCH3 is 1. The van der Waals surface area contributed by atoms with Crippen molar-refractivity contribution in [2.24, 2.45) is 12.0 Å². The molecule has 1 rings (SSSR count). The summed E-state index contributed by atoms with van der Waals surface area (Å²) in [5.41, 5.74) is 3.68. The van der Waals surface area contributed by atoms with Gasteiger partial charge in [0.25, 0.3) is 0 Å². The molecule has 0 fully saturated rings. The Morgan fingerprint density at radius 2 is 2.00 bits per heavy atom. The molecule has 1 unspecified atom stereocenters. The normalized spacial score (nSPS) is 12.6. The van der Waals surface area contributed by atoms with Gasteiger partial charge < -0.3 is 15.4 Å². The topological polar surface area (TPSA) is 63.5 Å². The van der Waals surface area contributed by atoms with Crippen molar-refractivity contribution in [3.05, 3.63) is 17.0 Å². The quantitative estimate of drug-likeness (QED) is 0.242. The Kier molecular flexibility index (Phi) is 12.9. The first-order valence-corrected chi connectivity index (χ1v) is 9.02. The highest BCUT2D eigenvalue weighted by Crippen LogP contribution is 2.14. The van der Waals surface area contributed by atoms with E-state index in [9.17, 15) is 0 Å². The van der Waals surface area contributed by atoms with E-state index in [1.807, 2.05) is 11.7 Å². The molecular weight excluding hydrogens is 429 g/mol. The zero-order valence-corrected chi connectivity index (χ0v) is 19.0. The number of rotatable bonds is 10. The molecule has 0 spiro atoms. The minimum atomic E-state index is 0. The molecule has 25 heavy (non-hydrogen) atoms. The van der Waals surface area contributed by atoms with Crippen LogP contribution in [0.4, 0.5) is 0 Å². The molecule has 1 atom stereocenters. The first-order valence-electron chi connectivity index (χ1n) is 9.02. The summed E-state index contributed by atoms with van der Waals surface area (Å²) < 4.78 is 7.03. The van der Waals surface area contributed by atoms with Crippen molar-refractivity contribution in [1.82, 2.24) is 20.4 Å². The molecule has 1 aromatic heterocycles. The molecule has 2 N–H and O–H groups in total. The number of aromatic nitrogens is 2. The van der Waals surface area contributed by atoms with E-state index in [1.54, 1.807) is 7.11 Å². The standard InChI is InChI=1S/C18H35N5O.HI/c1-7-19-18(20-11-9-8-10-12-24-6)21-14(2)13-17-15(3)22-23(5)16(17)4;/h14H,7-13H2,1-6H3,(H2,19,20,21);1H. The fourth-order valence-electron chi connectivity index (χ4n) is 2.75. The van der Waals surface area contributed by atoms with Gasteiger partial charge in [0.05, 0.1) is 5.69 Å². The van der Waals surface area contributed by atoms with E-state index in [2.05, 4.69) is 48.4 Å². The number of unbranched alkanes of at least 4 members (excludes halogenated alkanes) is 2. The summed E-state index contributed by atoms with van der Waals surface area (Å²) in [6, 6.07) is 0.304. The van der Waals surface area contributed by atoms with Gasteiger partial charge in [0, 0.05) is 45.6 Å². The molecule has 0 aromatic carbocycles. The summed E-state index contributed by atoms with van der Waals surface area (Å²) in [6.07, 6.45) is 4.30. The summed E-state index contributed by atoms with van der Waals surface area (Å²) in [7, 11) is 3.75. The Morgan fingerprint density at radius 1 is 1.28 bits per heavy atom. The van der Waals surface area contributed by atoms with Crippen molar-refractivity contribution >= 4 is 29.9 Å². The molecule has 0 saturated carbocycles. The van der Waals surface area contributed by atoms with Gasteiger partial charge in [0.2, 0.25) is 0 Å². The van der Waals surface area contributed by atoms with Crippen molar-refractivity contribution in [2.75, 3.05) is 26.8 Å². The Labute approximate surface area is 170 Å². The van der Waals surface area contributed by atoms with Gasteiger partial charge in [-0.05, 0) is 58.9 Å². The van der Waals surface area contributed by atoms with Gasteiger partial charge >= 0.3 is 0 Å². The summed E-state index contributed by atoms with van der Waals surface area (Å²) in [4.78, 5) is 4.68. The van der Waals surface area contributed by atoms with Crippen LogP contribution >= 0.6 is 24.0 Å². The third-order valence-electron chi connectivity index (χ3n) is 4.17. The average molecular weight is 465 g/mol. The highest BCUT2D eigenvalue weighted by Gasteiger charge is 2.13. The molecular formula is C18H36IN5O. The largest absolute Gasteiger partial charge is 0.385 e. The van der Waals surface area contributed by atoms with E-state index in [1.165, 1.54) is 11.3 Å². The summed E-state index contributed by atoms with van der Waals surface area (Å²) in [5.74, 6) is 0.899. The highest BCUT2D eigenvalue weighted by molar-refractivity contribution is 14.0. The average Bonchev–Trinajstić information content (AvgIpc) is 2.77. The van der Waals surface area contributed by atoms with Crippen molar-refractivity contribution in [1.29, 1.82) is 0 Å². The number of aliphatic imine (C=N–C) groups is 1. The molecule has 0 aliphatic heterocycles. The van der Waals surface area contributed by atoms with Gasteiger partial charge in [0.1, 0.15) is 0 Å². The maximum absolute atomic E-state index is 5.07. The van der Waals surface area contributed by atoms with Crippen LogP contribution in [-0.2, 0) is 18.2 Å². The number of halogens is 1. The Hall–Kier alpha value is -0.830. The Morgan fingerprint density at radius 3 is 2.56 bits per heavy atom. The minimum absolute atomic E-state index is 0. The number of ether oxygens (including phenoxy) is 1. The lowest BCUT2D eigenvalue weighted by molar-refractivity contribution is 0.192.